The second-order valence-electron chi connectivity index (χ2n) is 13.7. The quantitative estimate of drug-likeness (QED) is 0.124. The van der Waals surface area contributed by atoms with Crippen molar-refractivity contribution >= 4 is 47.6 Å². The number of aromatic amines is 3. The third kappa shape index (κ3) is 5.82. The Morgan fingerprint density at radius 3 is 2.36 bits per heavy atom. The molecule has 1 aliphatic carbocycles. The SMILES string of the molecule is C=Cc1c2[nH]c(c1C)/C=C1\N/C(=C3\c4[nH]c(c(C)c4C(=O)[C@@H]3C(=O)OC)/C=c3\[nH]/c(c(C)c3CC)=C\2)[C@@H](CCC(=O)OC/C=C(/C)CC)[C@@H]1C. The van der Waals surface area contributed by atoms with Crippen LogP contribution in [-0.2, 0) is 25.5 Å². The van der Waals surface area contributed by atoms with Gasteiger partial charge in [0.1, 0.15) is 12.5 Å². The molecular formula is C41H48N4O5. The van der Waals surface area contributed by atoms with Gasteiger partial charge in [0.15, 0.2) is 5.78 Å². The van der Waals surface area contributed by atoms with Gasteiger partial charge in [-0.25, -0.2) is 0 Å². The molecule has 8 bridgehead atoms. The molecule has 0 spiro atoms. The Morgan fingerprint density at radius 1 is 0.960 bits per heavy atom. The van der Waals surface area contributed by atoms with Crippen LogP contribution in [0.3, 0.4) is 0 Å². The van der Waals surface area contributed by atoms with Crippen LogP contribution in [0.15, 0.2) is 29.6 Å². The number of nitrogens with one attached hydrogen (secondary N) is 4. The van der Waals surface area contributed by atoms with E-state index in [9.17, 15) is 14.4 Å². The maximum Gasteiger partial charge on any atom is 0.321 e. The summed E-state index contributed by atoms with van der Waals surface area (Å²) in [6.45, 7) is 18.8. The lowest BCUT2D eigenvalue weighted by molar-refractivity contribution is -0.143. The Kier molecular flexibility index (Phi) is 9.53. The number of carbonyl (C=O) groups excluding carboxylic acids is 3. The third-order valence-electron chi connectivity index (χ3n) is 11.0. The van der Waals surface area contributed by atoms with Gasteiger partial charge in [-0.2, -0.15) is 0 Å². The molecule has 3 aromatic heterocycles. The van der Waals surface area contributed by atoms with E-state index in [1.54, 1.807) is 0 Å². The highest BCUT2D eigenvalue weighted by atomic mass is 16.5. The molecule has 3 atom stereocenters. The molecule has 3 aromatic rings. The second-order valence-corrected chi connectivity index (χ2v) is 13.7. The van der Waals surface area contributed by atoms with Gasteiger partial charge in [0.05, 0.1) is 12.8 Å². The number of Topliss-reactive ketones (excluding diaryl/α,β-unsaturated/α-hetero) is 1. The summed E-state index contributed by atoms with van der Waals surface area (Å²) in [5, 5.41) is 5.61. The fraction of sp³-hybridized carbons (Fsp3) is 0.390. The molecule has 262 valence electrons. The summed E-state index contributed by atoms with van der Waals surface area (Å²) in [6, 6.07) is 0. The number of hydrogen-bond acceptors (Lipinski definition) is 6. The van der Waals surface area contributed by atoms with Gasteiger partial charge in [-0.15, -0.1) is 0 Å². The van der Waals surface area contributed by atoms with Crippen molar-refractivity contribution in [3.05, 3.63) is 96.5 Å². The minimum Gasteiger partial charge on any atom is -0.468 e. The Balaban J connectivity index is 1.59. The summed E-state index contributed by atoms with van der Waals surface area (Å²) >= 11 is 0. The van der Waals surface area contributed by atoms with E-state index in [1.165, 1.54) is 12.7 Å². The Hall–Kier alpha value is -5.05. The molecule has 4 N–H and O–H groups in total. The Morgan fingerprint density at radius 2 is 1.68 bits per heavy atom. The molecule has 3 aliphatic rings. The third-order valence-corrected chi connectivity index (χ3v) is 11.0. The fourth-order valence-corrected chi connectivity index (χ4v) is 7.77. The maximum atomic E-state index is 14.2. The fourth-order valence-electron chi connectivity index (χ4n) is 7.77. The number of ketones is 1. The van der Waals surface area contributed by atoms with E-state index in [4.69, 9.17) is 9.47 Å². The smallest absolute Gasteiger partial charge is 0.321 e. The van der Waals surface area contributed by atoms with Crippen molar-refractivity contribution in [2.24, 2.45) is 17.8 Å². The molecule has 50 heavy (non-hydrogen) atoms. The normalized spacial score (nSPS) is 23.4. The summed E-state index contributed by atoms with van der Waals surface area (Å²) in [5.41, 5.74) is 12.3. The van der Waals surface area contributed by atoms with Crippen molar-refractivity contribution < 1.29 is 23.9 Å². The number of methoxy groups -OCH3 is 1. The van der Waals surface area contributed by atoms with Crippen molar-refractivity contribution in [2.45, 2.75) is 74.1 Å². The second kappa shape index (κ2) is 13.7. The molecular weight excluding hydrogens is 628 g/mol. The molecule has 9 nitrogen and oxygen atoms in total. The van der Waals surface area contributed by atoms with Crippen LogP contribution >= 0.6 is 0 Å². The highest BCUT2D eigenvalue weighted by Crippen LogP contribution is 2.48. The summed E-state index contributed by atoms with van der Waals surface area (Å²) in [5.74, 6) is -2.62. The number of fused-ring (bicyclic) bond motifs is 7. The molecule has 2 aliphatic heterocycles. The number of hydrogen-bond donors (Lipinski definition) is 4. The van der Waals surface area contributed by atoms with Crippen molar-refractivity contribution in [1.82, 2.24) is 20.3 Å². The molecule has 1 saturated heterocycles. The van der Waals surface area contributed by atoms with Gasteiger partial charge in [-0.3, -0.25) is 14.4 Å². The number of allylic oxidation sites excluding steroid dienone is 3. The van der Waals surface area contributed by atoms with E-state index in [1.807, 2.05) is 26.0 Å². The summed E-state index contributed by atoms with van der Waals surface area (Å²) in [6.07, 6.45) is 12.5. The monoisotopic (exact) mass is 676 g/mol. The number of rotatable bonds is 9. The van der Waals surface area contributed by atoms with E-state index in [0.717, 1.165) is 79.8 Å². The molecule has 6 rings (SSSR count). The van der Waals surface area contributed by atoms with Gasteiger partial charge in [0.25, 0.3) is 0 Å². The topological polar surface area (TPSA) is 129 Å². The Labute approximate surface area is 293 Å². The number of ether oxygens (including phenoxy) is 2. The van der Waals surface area contributed by atoms with Crippen molar-refractivity contribution in [3.8, 4) is 0 Å². The molecule has 5 heterocycles. The lowest BCUT2D eigenvalue weighted by Gasteiger charge is -2.19. The van der Waals surface area contributed by atoms with Gasteiger partial charge < -0.3 is 29.7 Å². The standard InChI is InChI=1S/C41H48N4O5/c1-10-20(4)15-16-50-34(46)14-13-27-23(7)30-17-28-21(5)25(11-2)32(42-28)18-29-22(6)26(12-3)33(43-29)19-31-24(8)35-39(45-31)36(38(27)44-30)37(40(35)47)41(48)49-9/h11,15,17-19,23,27,37,42-45H,2,10,12-14,16H2,1,3-9H3/b20-15-,29-18-,30-17-,33-19-,38-36-/t23-,27-,37+/m0/s1. The van der Waals surface area contributed by atoms with E-state index < -0.39 is 11.9 Å². The van der Waals surface area contributed by atoms with E-state index in [-0.39, 0.29) is 36.6 Å². The zero-order valence-electron chi connectivity index (χ0n) is 30.4. The first kappa shape index (κ1) is 34.8. The first-order valence-electron chi connectivity index (χ1n) is 17.6. The largest absolute Gasteiger partial charge is 0.468 e. The van der Waals surface area contributed by atoms with E-state index >= 15 is 0 Å². The van der Waals surface area contributed by atoms with Crippen LogP contribution < -0.4 is 16.0 Å². The molecule has 9 heteroatoms. The molecule has 1 fully saturated rings. The number of H-pyrrole nitrogens is 3. The molecule has 0 saturated carbocycles. The summed E-state index contributed by atoms with van der Waals surface area (Å²) in [4.78, 5) is 51.5. The lowest BCUT2D eigenvalue weighted by Crippen LogP contribution is -2.25. The number of carbonyl (C=O) groups is 3. The molecule has 0 unspecified atom stereocenters. The van der Waals surface area contributed by atoms with Crippen LogP contribution in [0.4, 0.5) is 0 Å². The highest BCUT2D eigenvalue weighted by molar-refractivity contribution is 6.24. The number of aromatic nitrogens is 3. The summed E-state index contributed by atoms with van der Waals surface area (Å²) < 4.78 is 10.8. The minimum absolute atomic E-state index is 0.0787. The molecule has 0 radical (unpaired) electrons. The first-order chi connectivity index (χ1) is 23.9. The summed E-state index contributed by atoms with van der Waals surface area (Å²) in [7, 11) is 1.31. The van der Waals surface area contributed by atoms with Gasteiger partial charge in [0, 0.05) is 74.1 Å². The minimum atomic E-state index is -1.13. The van der Waals surface area contributed by atoms with Crippen LogP contribution in [0.5, 0.6) is 0 Å². The zero-order chi connectivity index (χ0) is 36.0. The van der Waals surface area contributed by atoms with Crippen LogP contribution in [0.2, 0.25) is 0 Å². The van der Waals surface area contributed by atoms with Crippen LogP contribution in [0.25, 0.3) is 29.9 Å². The molecule has 0 amide bonds. The maximum absolute atomic E-state index is 14.2. The predicted octanol–water partition coefficient (Wildman–Crippen LogP) is 6.05. The van der Waals surface area contributed by atoms with Crippen LogP contribution in [0, 0.1) is 38.5 Å². The van der Waals surface area contributed by atoms with Gasteiger partial charge in [-0.05, 0) is 93.5 Å². The Bertz CT molecular complexity index is 2150. The average Bonchev–Trinajstić information content (AvgIpc) is 3.84. The molecule has 0 aromatic carbocycles. The van der Waals surface area contributed by atoms with Crippen LogP contribution in [-0.4, -0.2) is 46.4 Å². The first-order valence-corrected chi connectivity index (χ1v) is 17.6. The van der Waals surface area contributed by atoms with Crippen molar-refractivity contribution in [2.75, 3.05) is 13.7 Å². The van der Waals surface area contributed by atoms with Crippen molar-refractivity contribution in [1.29, 1.82) is 0 Å². The lowest BCUT2D eigenvalue weighted by atomic mass is 9.85. The number of esters is 2. The zero-order valence-corrected chi connectivity index (χ0v) is 30.4. The van der Waals surface area contributed by atoms with Crippen LogP contribution in [0.1, 0.15) is 108 Å². The van der Waals surface area contributed by atoms with Gasteiger partial charge in [0.2, 0.25) is 0 Å². The van der Waals surface area contributed by atoms with Gasteiger partial charge >= 0.3 is 11.9 Å². The van der Waals surface area contributed by atoms with E-state index in [2.05, 4.69) is 79.7 Å². The predicted molar refractivity (Wildman–Crippen MR) is 197 cm³/mol. The highest BCUT2D eigenvalue weighted by Gasteiger charge is 2.48. The van der Waals surface area contributed by atoms with Gasteiger partial charge in [-0.1, -0.05) is 39.0 Å². The van der Waals surface area contributed by atoms with E-state index in [0.29, 0.717) is 23.3 Å². The van der Waals surface area contributed by atoms with Crippen molar-refractivity contribution in [3.63, 3.8) is 0 Å². The average molecular weight is 677 g/mol.